The van der Waals surface area contributed by atoms with Crippen molar-refractivity contribution in [2.75, 3.05) is 0 Å². The number of aliphatic carboxylic acids is 1. The number of carboxylic acids is 1. The SMILES string of the molecule is O=C(O)/C=C/c1csc(COc2ccc(Cl)c(F)c2)c1. The van der Waals surface area contributed by atoms with Gasteiger partial charge in [-0.25, -0.2) is 9.18 Å². The van der Waals surface area contributed by atoms with E-state index in [0.717, 1.165) is 16.5 Å². The van der Waals surface area contributed by atoms with Gasteiger partial charge in [0.25, 0.3) is 0 Å². The topological polar surface area (TPSA) is 46.5 Å². The number of hydrogen-bond donors (Lipinski definition) is 1. The van der Waals surface area contributed by atoms with Crippen LogP contribution in [0.1, 0.15) is 10.4 Å². The van der Waals surface area contributed by atoms with E-state index in [4.69, 9.17) is 21.4 Å². The molecule has 1 N–H and O–H groups in total. The Morgan fingerprint density at radius 2 is 2.25 bits per heavy atom. The van der Waals surface area contributed by atoms with Crippen molar-refractivity contribution in [2.45, 2.75) is 6.61 Å². The van der Waals surface area contributed by atoms with Gasteiger partial charge in [-0.3, -0.25) is 0 Å². The number of thiophene rings is 1. The van der Waals surface area contributed by atoms with E-state index in [0.29, 0.717) is 5.75 Å². The van der Waals surface area contributed by atoms with Crippen LogP contribution in [0.2, 0.25) is 5.02 Å². The van der Waals surface area contributed by atoms with Gasteiger partial charge in [0.05, 0.1) is 5.02 Å². The van der Waals surface area contributed by atoms with Gasteiger partial charge in [-0.2, -0.15) is 0 Å². The van der Waals surface area contributed by atoms with Crippen molar-refractivity contribution in [3.05, 3.63) is 57.0 Å². The maximum Gasteiger partial charge on any atom is 0.328 e. The lowest BCUT2D eigenvalue weighted by Crippen LogP contribution is -1.93. The van der Waals surface area contributed by atoms with Crippen LogP contribution < -0.4 is 4.74 Å². The zero-order valence-electron chi connectivity index (χ0n) is 10.2. The van der Waals surface area contributed by atoms with Crippen molar-refractivity contribution >= 4 is 35.0 Å². The second-order valence-electron chi connectivity index (χ2n) is 3.88. The Hall–Kier alpha value is -1.85. The minimum absolute atomic E-state index is 0.0505. The van der Waals surface area contributed by atoms with E-state index in [1.807, 2.05) is 11.4 Å². The molecule has 0 amide bonds. The third kappa shape index (κ3) is 4.08. The predicted molar refractivity (Wildman–Crippen MR) is 76.7 cm³/mol. The predicted octanol–water partition coefficient (Wildman–Crippen LogP) is 4.22. The molecule has 0 aliphatic carbocycles. The summed E-state index contributed by atoms with van der Waals surface area (Å²) in [4.78, 5) is 11.3. The van der Waals surface area contributed by atoms with Crippen LogP contribution in [0.5, 0.6) is 5.75 Å². The van der Waals surface area contributed by atoms with Crippen LogP contribution in [0, 0.1) is 5.82 Å². The monoisotopic (exact) mass is 312 g/mol. The van der Waals surface area contributed by atoms with Crippen molar-refractivity contribution in [1.29, 1.82) is 0 Å². The van der Waals surface area contributed by atoms with Gasteiger partial charge < -0.3 is 9.84 Å². The van der Waals surface area contributed by atoms with E-state index < -0.39 is 11.8 Å². The summed E-state index contributed by atoms with van der Waals surface area (Å²) in [5.41, 5.74) is 0.790. The van der Waals surface area contributed by atoms with E-state index in [1.54, 1.807) is 6.07 Å². The molecule has 0 aliphatic heterocycles. The Morgan fingerprint density at radius 1 is 1.45 bits per heavy atom. The Labute approximate surface area is 123 Å². The molecule has 0 atom stereocenters. The molecule has 1 aromatic carbocycles. The maximum absolute atomic E-state index is 13.2. The highest BCUT2D eigenvalue weighted by atomic mass is 35.5. The zero-order chi connectivity index (χ0) is 14.5. The van der Waals surface area contributed by atoms with Crippen molar-refractivity contribution in [1.82, 2.24) is 0 Å². The quantitative estimate of drug-likeness (QED) is 0.841. The largest absolute Gasteiger partial charge is 0.488 e. The molecule has 0 bridgehead atoms. The van der Waals surface area contributed by atoms with Gasteiger partial charge in [-0.1, -0.05) is 11.6 Å². The third-order valence-corrected chi connectivity index (χ3v) is 3.60. The Kier molecular flexibility index (Phi) is 4.76. The van der Waals surface area contributed by atoms with Crippen molar-refractivity contribution in [3.63, 3.8) is 0 Å². The molecule has 3 nitrogen and oxygen atoms in total. The number of hydrogen-bond acceptors (Lipinski definition) is 3. The van der Waals surface area contributed by atoms with Crippen molar-refractivity contribution in [3.8, 4) is 5.75 Å². The van der Waals surface area contributed by atoms with Gasteiger partial charge in [0.2, 0.25) is 0 Å². The van der Waals surface area contributed by atoms with Gasteiger partial charge >= 0.3 is 5.97 Å². The highest BCUT2D eigenvalue weighted by Crippen LogP contribution is 2.23. The molecule has 0 saturated heterocycles. The van der Waals surface area contributed by atoms with Crippen LogP contribution >= 0.6 is 22.9 Å². The van der Waals surface area contributed by atoms with Gasteiger partial charge in [-0.05, 0) is 35.2 Å². The molecule has 0 saturated carbocycles. The molecule has 0 unspecified atom stereocenters. The smallest absolute Gasteiger partial charge is 0.328 e. The molecule has 104 valence electrons. The summed E-state index contributed by atoms with van der Waals surface area (Å²) >= 11 is 7.02. The molecule has 1 aromatic heterocycles. The fourth-order valence-corrected chi connectivity index (χ4v) is 2.33. The minimum atomic E-state index is -0.995. The lowest BCUT2D eigenvalue weighted by atomic mass is 10.3. The first-order chi connectivity index (χ1) is 9.54. The lowest BCUT2D eigenvalue weighted by molar-refractivity contribution is -0.131. The first-order valence-corrected chi connectivity index (χ1v) is 6.86. The van der Waals surface area contributed by atoms with Crippen LogP contribution in [-0.4, -0.2) is 11.1 Å². The minimum Gasteiger partial charge on any atom is -0.488 e. The van der Waals surface area contributed by atoms with Gasteiger partial charge in [0, 0.05) is 17.0 Å². The summed E-state index contributed by atoms with van der Waals surface area (Å²) in [6.45, 7) is 0.284. The molecule has 0 spiro atoms. The van der Waals surface area contributed by atoms with Crippen LogP contribution in [0.3, 0.4) is 0 Å². The van der Waals surface area contributed by atoms with Crippen LogP contribution in [0.15, 0.2) is 35.7 Å². The van der Waals surface area contributed by atoms with E-state index in [9.17, 15) is 9.18 Å². The van der Waals surface area contributed by atoms with E-state index >= 15 is 0 Å². The Balaban J connectivity index is 1.97. The second kappa shape index (κ2) is 6.54. The molecular formula is C14H10ClFO3S. The average Bonchev–Trinajstić information content (AvgIpc) is 2.86. The average molecular weight is 313 g/mol. The van der Waals surface area contributed by atoms with E-state index in [2.05, 4.69) is 0 Å². The van der Waals surface area contributed by atoms with Crippen molar-refractivity contribution in [2.24, 2.45) is 0 Å². The molecular weight excluding hydrogens is 303 g/mol. The number of halogens is 2. The highest BCUT2D eigenvalue weighted by Gasteiger charge is 2.03. The van der Waals surface area contributed by atoms with E-state index in [1.165, 1.54) is 29.5 Å². The molecule has 1 heterocycles. The third-order valence-electron chi connectivity index (χ3n) is 2.36. The van der Waals surface area contributed by atoms with Crippen LogP contribution in [0.4, 0.5) is 4.39 Å². The summed E-state index contributed by atoms with van der Waals surface area (Å²) in [6.07, 6.45) is 2.57. The number of benzene rings is 1. The summed E-state index contributed by atoms with van der Waals surface area (Å²) in [5, 5.41) is 10.4. The summed E-state index contributed by atoms with van der Waals surface area (Å²) < 4.78 is 18.6. The molecule has 6 heteroatoms. The lowest BCUT2D eigenvalue weighted by Gasteiger charge is -2.04. The maximum atomic E-state index is 13.2. The van der Waals surface area contributed by atoms with Crippen molar-refractivity contribution < 1.29 is 19.0 Å². The molecule has 0 fully saturated rings. The Morgan fingerprint density at radius 3 is 2.95 bits per heavy atom. The number of carboxylic acid groups (broad SMARTS) is 1. The normalized spacial score (nSPS) is 10.9. The standard InChI is InChI=1S/C14H10ClFO3S/c15-12-3-2-10(6-13(12)16)19-7-11-5-9(8-20-11)1-4-14(17)18/h1-6,8H,7H2,(H,17,18)/b4-1+. The number of ether oxygens (including phenoxy) is 1. The molecule has 20 heavy (non-hydrogen) atoms. The van der Waals surface area contributed by atoms with Gasteiger partial charge in [0.15, 0.2) is 0 Å². The first kappa shape index (κ1) is 14.6. The molecule has 2 rings (SSSR count). The summed E-state index contributed by atoms with van der Waals surface area (Å²) in [7, 11) is 0. The van der Waals surface area contributed by atoms with E-state index in [-0.39, 0.29) is 11.6 Å². The summed E-state index contributed by atoms with van der Waals surface area (Å²) in [6, 6.07) is 6.06. The van der Waals surface area contributed by atoms with Crippen LogP contribution in [0.25, 0.3) is 6.08 Å². The molecule has 0 radical (unpaired) electrons. The Bertz CT molecular complexity index is 652. The summed E-state index contributed by atoms with van der Waals surface area (Å²) in [5.74, 6) is -1.13. The van der Waals surface area contributed by atoms with Crippen LogP contribution in [-0.2, 0) is 11.4 Å². The fourth-order valence-electron chi connectivity index (χ4n) is 1.45. The molecule has 0 aliphatic rings. The fraction of sp³-hybridized carbons (Fsp3) is 0.0714. The van der Waals surface area contributed by atoms with Gasteiger partial charge in [-0.15, -0.1) is 11.3 Å². The second-order valence-corrected chi connectivity index (χ2v) is 5.29. The molecule has 2 aromatic rings. The zero-order valence-corrected chi connectivity index (χ0v) is 11.7. The van der Waals surface area contributed by atoms with Gasteiger partial charge in [0.1, 0.15) is 18.2 Å². The number of carbonyl (C=O) groups is 1. The highest BCUT2D eigenvalue weighted by molar-refractivity contribution is 7.10. The number of rotatable bonds is 5. The first-order valence-electron chi connectivity index (χ1n) is 5.61.